The van der Waals surface area contributed by atoms with Crippen LogP contribution < -0.4 is 4.90 Å². The fraction of sp³-hybridized carbons (Fsp3) is 0.688. The minimum atomic E-state index is -0.0123. The second-order valence-corrected chi connectivity index (χ2v) is 6.99. The Morgan fingerprint density at radius 1 is 1.14 bits per heavy atom. The molecule has 4 aliphatic rings. The molecule has 1 aromatic rings. The van der Waals surface area contributed by atoms with E-state index in [4.69, 9.17) is 4.99 Å². The molecule has 22 heavy (non-hydrogen) atoms. The smallest absolute Gasteiger partial charge is 0.282 e. The zero-order valence-corrected chi connectivity index (χ0v) is 12.9. The number of guanidine groups is 1. The van der Waals surface area contributed by atoms with Crippen molar-refractivity contribution in [1.82, 2.24) is 14.5 Å². The minimum absolute atomic E-state index is 0.0123. The van der Waals surface area contributed by atoms with Crippen LogP contribution in [0.25, 0.3) is 0 Å². The van der Waals surface area contributed by atoms with E-state index in [1.54, 1.807) is 4.90 Å². The van der Waals surface area contributed by atoms with Gasteiger partial charge in [0.25, 0.3) is 5.91 Å². The van der Waals surface area contributed by atoms with Crippen LogP contribution in [0.2, 0.25) is 0 Å². The van der Waals surface area contributed by atoms with Crippen molar-refractivity contribution in [1.29, 1.82) is 0 Å². The highest BCUT2D eigenvalue weighted by molar-refractivity contribution is 6.18. The van der Waals surface area contributed by atoms with Gasteiger partial charge in [-0.3, -0.25) is 14.6 Å². The Morgan fingerprint density at radius 3 is 2.77 bits per heavy atom. The Morgan fingerprint density at radius 2 is 1.95 bits per heavy atom. The van der Waals surface area contributed by atoms with Gasteiger partial charge in [-0.05, 0) is 32.1 Å². The van der Waals surface area contributed by atoms with Gasteiger partial charge in [-0.25, -0.2) is 9.98 Å². The molecule has 0 aromatic carbocycles. The predicted octanol–water partition coefficient (Wildman–Crippen LogP) is 2.18. The van der Waals surface area contributed by atoms with E-state index in [9.17, 15) is 4.79 Å². The highest BCUT2D eigenvalue weighted by atomic mass is 16.2. The van der Waals surface area contributed by atoms with Crippen LogP contribution in [0, 0.1) is 0 Å². The van der Waals surface area contributed by atoms with Crippen LogP contribution in [-0.2, 0) is 0 Å². The lowest BCUT2D eigenvalue weighted by molar-refractivity contribution is 0.0859. The maximum Gasteiger partial charge on any atom is 0.282 e. The van der Waals surface area contributed by atoms with Gasteiger partial charge in [0.15, 0.2) is 5.69 Å². The van der Waals surface area contributed by atoms with Crippen LogP contribution in [-0.4, -0.2) is 45.4 Å². The number of nitrogens with zero attached hydrogens (tertiary/aromatic N) is 5. The van der Waals surface area contributed by atoms with Gasteiger partial charge in [0.05, 0.1) is 18.4 Å². The van der Waals surface area contributed by atoms with Crippen molar-refractivity contribution in [3.63, 3.8) is 0 Å². The van der Waals surface area contributed by atoms with Crippen molar-refractivity contribution in [2.24, 2.45) is 4.99 Å². The molecule has 5 rings (SSSR count). The Kier molecular flexibility index (Phi) is 2.50. The van der Waals surface area contributed by atoms with Crippen molar-refractivity contribution in [2.75, 3.05) is 11.9 Å². The number of carbonyl (C=O) groups is 1. The van der Waals surface area contributed by atoms with Gasteiger partial charge in [0.2, 0.25) is 5.96 Å². The number of hydrogen-bond donors (Lipinski definition) is 0. The molecule has 2 fully saturated rings. The molecule has 6 nitrogen and oxygen atoms in total. The highest BCUT2D eigenvalue weighted by Gasteiger charge is 2.49. The molecular weight excluding hydrogens is 278 g/mol. The molecule has 2 aliphatic heterocycles. The summed E-state index contributed by atoms with van der Waals surface area (Å²) in [6.45, 7) is 0. The SMILES string of the molecule is CN1C(=O)c2ncn(C3CCCC3)c2N2C1=N[C@H]1CCC[C@H]12. The summed E-state index contributed by atoms with van der Waals surface area (Å²) in [7, 11) is 1.83. The summed E-state index contributed by atoms with van der Waals surface area (Å²) in [5.41, 5.74) is 0.612. The van der Waals surface area contributed by atoms with E-state index >= 15 is 0 Å². The molecule has 0 unspecified atom stereocenters. The summed E-state index contributed by atoms with van der Waals surface area (Å²) in [6, 6.07) is 1.26. The first-order valence-corrected chi connectivity index (χ1v) is 8.47. The van der Waals surface area contributed by atoms with Gasteiger partial charge in [0.1, 0.15) is 5.82 Å². The molecule has 2 atom stereocenters. The summed E-state index contributed by atoms with van der Waals surface area (Å²) in [4.78, 5) is 26.0. The van der Waals surface area contributed by atoms with Gasteiger partial charge in [-0.1, -0.05) is 12.8 Å². The first-order valence-electron chi connectivity index (χ1n) is 8.47. The Labute approximate surface area is 129 Å². The maximum atomic E-state index is 12.6. The quantitative estimate of drug-likeness (QED) is 0.798. The third kappa shape index (κ3) is 1.48. The Balaban J connectivity index is 1.67. The minimum Gasteiger partial charge on any atom is -0.313 e. The van der Waals surface area contributed by atoms with Crippen molar-refractivity contribution >= 4 is 17.7 Å². The average molecular weight is 299 g/mol. The predicted molar refractivity (Wildman–Crippen MR) is 83.2 cm³/mol. The third-order valence-corrected chi connectivity index (χ3v) is 5.79. The standard InChI is InChI=1S/C16H21N5O/c1-19-15(22)13-14(20(9-17-13)10-5-2-3-6-10)21-12-8-4-7-11(12)18-16(19)21/h9-12H,2-8H2,1H3/t11-,12+/m0/s1. The zero-order valence-electron chi connectivity index (χ0n) is 12.9. The lowest BCUT2D eigenvalue weighted by Gasteiger charge is -2.36. The summed E-state index contributed by atoms with van der Waals surface area (Å²) >= 11 is 0. The molecule has 2 aliphatic carbocycles. The van der Waals surface area contributed by atoms with Crippen molar-refractivity contribution in [3.8, 4) is 0 Å². The van der Waals surface area contributed by atoms with Crippen LogP contribution in [0.1, 0.15) is 61.5 Å². The van der Waals surface area contributed by atoms with E-state index in [1.807, 2.05) is 13.4 Å². The van der Waals surface area contributed by atoms with Crippen LogP contribution in [0.4, 0.5) is 5.82 Å². The van der Waals surface area contributed by atoms with Crippen molar-refractivity contribution in [2.45, 2.75) is 63.1 Å². The average Bonchev–Trinajstić information content (AvgIpc) is 3.23. The van der Waals surface area contributed by atoms with Crippen molar-refractivity contribution < 1.29 is 4.79 Å². The van der Waals surface area contributed by atoms with Gasteiger partial charge in [-0.2, -0.15) is 0 Å². The number of carbonyl (C=O) groups excluding carboxylic acids is 1. The normalized spacial score (nSPS) is 30.6. The van der Waals surface area contributed by atoms with E-state index in [2.05, 4.69) is 14.5 Å². The summed E-state index contributed by atoms with van der Waals surface area (Å²) in [6.07, 6.45) is 10.4. The molecule has 1 aromatic heterocycles. The molecule has 3 heterocycles. The van der Waals surface area contributed by atoms with E-state index in [1.165, 1.54) is 32.1 Å². The van der Waals surface area contributed by atoms with Gasteiger partial charge < -0.3 is 4.57 Å². The van der Waals surface area contributed by atoms with Crippen LogP contribution in [0.3, 0.4) is 0 Å². The number of aromatic nitrogens is 2. The van der Waals surface area contributed by atoms with Crippen LogP contribution >= 0.6 is 0 Å². The van der Waals surface area contributed by atoms with Crippen molar-refractivity contribution in [3.05, 3.63) is 12.0 Å². The molecule has 0 radical (unpaired) electrons. The number of anilines is 1. The summed E-state index contributed by atoms with van der Waals surface area (Å²) < 4.78 is 2.27. The molecule has 116 valence electrons. The van der Waals surface area contributed by atoms with E-state index in [0.717, 1.165) is 24.6 Å². The van der Waals surface area contributed by atoms with E-state index < -0.39 is 0 Å². The first kappa shape index (κ1) is 12.7. The molecule has 0 N–H and O–H groups in total. The third-order valence-electron chi connectivity index (χ3n) is 5.79. The number of hydrogen-bond acceptors (Lipinski definition) is 4. The molecule has 0 saturated heterocycles. The molecule has 2 saturated carbocycles. The lowest BCUT2D eigenvalue weighted by atomic mass is 10.1. The molecule has 6 heteroatoms. The Hall–Kier alpha value is -1.85. The number of aliphatic imine (C=N–C) groups is 1. The zero-order chi connectivity index (χ0) is 14.8. The topological polar surface area (TPSA) is 53.7 Å². The number of rotatable bonds is 1. The molecule has 0 spiro atoms. The van der Waals surface area contributed by atoms with Crippen LogP contribution in [0.15, 0.2) is 11.3 Å². The lowest BCUT2D eigenvalue weighted by Crippen LogP contribution is -2.52. The second-order valence-electron chi connectivity index (χ2n) is 6.99. The van der Waals surface area contributed by atoms with E-state index in [0.29, 0.717) is 23.8 Å². The number of amides is 1. The summed E-state index contributed by atoms with van der Waals surface area (Å²) in [5.74, 6) is 1.84. The van der Waals surface area contributed by atoms with Gasteiger partial charge >= 0.3 is 0 Å². The fourth-order valence-electron chi connectivity index (χ4n) is 4.67. The monoisotopic (exact) mass is 299 g/mol. The molecule has 1 amide bonds. The maximum absolute atomic E-state index is 12.6. The molecule has 0 bridgehead atoms. The Bertz CT molecular complexity index is 672. The van der Waals surface area contributed by atoms with Gasteiger partial charge in [-0.15, -0.1) is 0 Å². The fourth-order valence-corrected chi connectivity index (χ4v) is 4.67. The first-order chi connectivity index (χ1) is 10.8. The number of imidazole rings is 1. The van der Waals surface area contributed by atoms with E-state index in [-0.39, 0.29) is 5.91 Å². The van der Waals surface area contributed by atoms with Gasteiger partial charge in [0, 0.05) is 13.1 Å². The van der Waals surface area contributed by atoms with Crippen LogP contribution in [0.5, 0.6) is 0 Å². The summed E-state index contributed by atoms with van der Waals surface area (Å²) in [5, 5.41) is 0. The largest absolute Gasteiger partial charge is 0.313 e. The highest BCUT2D eigenvalue weighted by Crippen LogP contribution is 2.43. The molecular formula is C16H21N5O. The second kappa shape index (κ2) is 4.33. The number of fused-ring (bicyclic) bond motifs is 5.